The van der Waals surface area contributed by atoms with Crippen LogP contribution in [0.15, 0.2) is 48.5 Å². The molecule has 158 valence electrons. The summed E-state index contributed by atoms with van der Waals surface area (Å²) in [5, 5.41) is 0.654. The van der Waals surface area contributed by atoms with Crippen molar-refractivity contribution in [1.29, 1.82) is 0 Å². The van der Waals surface area contributed by atoms with Gasteiger partial charge in [-0.15, -0.1) is 0 Å². The minimum Gasteiger partial charge on any atom is -0.462 e. The SMILES string of the molecule is CCOC(=O)c1ccc(N2CC3(CN(C(=O)N(Cl)Cc4ccc(Cl)cc4)C3)C2)cc1. The van der Waals surface area contributed by atoms with Crippen LogP contribution in [-0.2, 0) is 11.3 Å². The molecule has 4 rings (SSSR count). The number of benzene rings is 2. The van der Waals surface area contributed by atoms with Crippen LogP contribution in [0.4, 0.5) is 10.5 Å². The number of nitrogens with zero attached hydrogens (tertiary/aromatic N) is 3. The summed E-state index contributed by atoms with van der Waals surface area (Å²) in [7, 11) is 0. The summed E-state index contributed by atoms with van der Waals surface area (Å²) in [5.74, 6) is -0.304. The van der Waals surface area contributed by atoms with Crippen LogP contribution in [-0.4, -0.2) is 54.1 Å². The summed E-state index contributed by atoms with van der Waals surface area (Å²) < 4.78 is 6.24. The lowest BCUT2D eigenvalue weighted by atomic mass is 9.72. The summed E-state index contributed by atoms with van der Waals surface area (Å²) in [4.78, 5) is 28.4. The Morgan fingerprint density at radius 2 is 1.67 bits per heavy atom. The third-order valence-corrected chi connectivity index (χ3v) is 6.08. The van der Waals surface area contributed by atoms with Gasteiger partial charge in [-0.2, -0.15) is 0 Å². The van der Waals surface area contributed by atoms with Gasteiger partial charge >= 0.3 is 12.0 Å². The molecule has 0 saturated carbocycles. The second-order valence-corrected chi connectivity index (χ2v) is 8.75. The third-order valence-electron chi connectivity index (χ3n) is 5.56. The van der Waals surface area contributed by atoms with Crippen molar-refractivity contribution in [2.24, 2.45) is 5.41 Å². The van der Waals surface area contributed by atoms with Crippen LogP contribution >= 0.6 is 23.4 Å². The molecule has 2 heterocycles. The van der Waals surface area contributed by atoms with E-state index in [4.69, 9.17) is 28.1 Å². The topological polar surface area (TPSA) is 53.1 Å². The molecular weight excluding hydrogens is 425 g/mol. The zero-order chi connectivity index (χ0) is 21.3. The second-order valence-electron chi connectivity index (χ2n) is 7.91. The largest absolute Gasteiger partial charge is 0.462 e. The summed E-state index contributed by atoms with van der Waals surface area (Å²) in [6.07, 6.45) is 0. The molecule has 0 N–H and O–H groups in total. The van der Waals surface area contributed by atoms with Crippen LogP contribution in [0, 0.1) is 5.41 Å². The second kappa shape index (κ2) is 8.36. The Morgan fingerprint density at radius 3 is 2.27 bits per heavy atom. The monoisotopic (exact) mass is 447 g/mol. The number of esters is 1. The third kappa shape index (κ3) is 4.20. The summed E-state index contributed by atoms with van der Waals surface area (Å²) in [6, 6.07) is 14.6. The lowest BCUT2D eigenvalue weighted by molar-refractivity contribution is 0.00171. The fourth-order valence-electron chi connectivity index (χ4n) is 4.04. The van der Waals surface area contributed by atoms with Crippen molar-refractivity contribution in [3.63, 3.8) is 0 Å². The van der Waals surface area contributed by atoms with Crippen LogP contribution in [0.5, 0.6) is 0 Å². The number of anilines is 1. The van der Waals surface area contributed by atoms with E-state index in [2.05, 4.69) is 4.90 Å². The summed E-state index contributed by atoms with van der Waals surface area (Å²) in [5.41, 5.74) is 2.69. The van der Waals surface area contributed by atoms with E-state index in [9.17, 15) is 9.59 Å². The molecule has 2 aliphatic rings. The highest BCUT2D eigenvalue weighted by Gasteiger charge is 2.53. The first kappa shape index (κ1) is 20.8. The molecule has 2 aliphatic heterocycles. The predicted molar refractivity (Wildman–Crippen MR) is 117 cm³/mol. The maximum Gasteiger partial charge on any atom is 0.338 e. The van der Waals surface area contributed by atoms with Gasteiger partial charge in [-0.05, 0) is 48.9 Å². The lowest BCUT2D eigenvalue weighted by Gasteiger charge is -2.61. The van der Waals surface area contributed by atoms with Gasteiger partial charge in [-0.1, -0.05) is 23.7 Å². The molecule has 0 bridgehead atoms. The van der Waals surface area contributed by atoms with E-state index in [1.807, 2.05) is 24.3 Å². The number of likely N-dealkylation sites (tertiary alicyclic amines) is 1. The number of halogens is 2. The predicted octanol–water partition coefficient (Wildman–Crippen LogP) is 4.41. The van der Waals surface area contributed by atoms with Crippen molar-refractivity contribution < 1.29 is 14.3 Å². The molecule has 2 saturated heterocycles. The number of ether oxygens (including phenoxy) is 1. The van der Waals surface area contributed by atoms with Gasteiger partial charge in [0.05, 0.1) is 18.7 Å². The Bertz CT molecular complexity index is 920. The molecule has 0 atom stereocenters. The van der Waals surface area contributed by atoms with Crippen molar-refractivity contribution in [2.75, 3.05) is 37.7 Å². The van der Waals surface area contributed by atoms with Crippen LogP contribution in [0.2, 0.25) is 5.02 Å². The van der Waals surface area contributed by atoms with Crippen molar-refractivity contribution >= 4 is 41.1 Å². The van der Waals surface area contributed by atoms with E-state index in [0.29, 0.717) is 36.8 Å². The van der Waals surface area contributed by atoms with Crippen LogP contribution in [0.3, 0.4) is 0 Å². The van der Waals surface area contributed by atoms with Crippen LogP contribution < -0.4 is 4.90 Å². The molecule has 2 aromatic rings. The molecule has 1 spiro atoms. The Balaban J connectivity index is 1.25. The van der Waals surface area contributed by atoms with Crippen LogP contribution in [0.25, 0.3) is 0 Å². The van der Waals surface area contributed by atoms with Gasteiger partial charge in [0.25, 0.3) is 0 Å². The van der Waals surface area contributed by atoms with E-state index in [1.54, 1.807) is 36.1 Å². The average molecular weight is 448 g/mol. The number of carbonyl (C=O) groups excluding carboxylic acids is 2. The van der Waals surface area contributed by atoms with E-state index in [1.165, 1.54) is 4.42 Å². The van der Waals surface area contributed by atoms with Gasteiger partial charge in [0, 0.05) is 54.1 Å². The molecule has 0 aromatic heterocycles. The Hall–Kier alpha value is -2.44. The van der Waals surface area contributed by atoms with Gasteiger partial charge in [0.2, 0.25) is 0 Å². The zero-order valence-corrected chi connectivity index (χ0v) is 18.2. The Labute approximate surface area is 186 Å². The molecule has 0 aliphatic carbocycles. The molecule has 2 amide bonds. The Kier molecular flexibility index (Phi) is 5.80. The highest BCUT2D eigenvalue weighted by Crippen LogP contribution is 2.42. The molecule has 2 fully saturated rings. The fraction of sp³-hybridized carbons (Fsp3) is 0.364. The lowest BCUT2D eigenvalue weighted by Crippen LogP contribution is -2.73. The van der Waals surface area contributed by atoms with Gasteiger partial charge in [0.1, 0.15) is 0 Å². The van der Waals surface area contributed by atoms with Crippen molar-refractivity contribution in [2.45, 2.75) is 13.5 Å². The molecule has 0 unspecified atom stereocenters. The van der Waals surface area contributed by atoms with E-state index >= 15 is 0 Å². The number of urea groups is 1. The average Bonchev–Trinajstić information content (AvgIpc) is 2.68. The van der Waals surface area contributed by atoms with Crippen molar-refractivity contribution in [3.8, 4) is 0 Å². The number of amides is 2. The maximum absolute atomic E-state index is 12.6. The normalized spacial score (nSPS) is 16.6. The van der Waals surface area contributed by atoms with E-state index < -0.39 is 0 Å². The van der Waals surface area contributed by atoms with Crippen molar-refractivity contribution in [1.82, 2.24) is 9.32 Å². The van der Waals surface area contributed by atoms with Crippen LogP contribution in [0.1, 0.15) is 22.8 Å². The molecule has 30 heavy (non-hydrogen) atoms. The zero-order valence-electron chi connectivity index (χ0n) is 16.7. The standard InChI is InChI=1S/C22H23Cl2N3O3/c1-2-30-20(28)17-5-9-19(10-6-17)25-12-22(13-25)14-26(15-22)21(29)27(24)11-16-3-7-18(23)8-4-16/h3-10H,2,11-15H2,1H3. The molecule has 2 aromatic carbocycles. The molecule has 0 radical (unpaired) electrons. The highest BCUT2D eigenvalue weighted by molar-refractivity contribution is 6.30. The van der Waals surface area contributed by atoms with Crippen molar-refractivity contribution in [3.05, 3.63) is 64.7 Å². The van der Waals surface area contributed by atoms with Gasteiger partial charge in [-0.3, -0.25) is 0 Å². The van der Waals surface area contributed by atoms with E-state index in [0.717, 1.165) is 24.3 Å². The van der Waals surface area contributed by atoms with Gasteiger partial charge in [0.15, 0.2) is 0 Å². The first-order chi connectivity index (χ1) is 14.4. The minimum absolute atomic E-state index is 0.132. The molecule has 6 nitrogen and oxygen atoms in total. The fourth-order valence-corrected chi connectivity index (χ4v) is 4.41. The van der Waals surface area contributed by atoms with E-state index in [-0.39, 0.29) is 17.4 Å². The first-order valence-corrected chi connectivity index (χ1v) is 10.6. The van der Waals surface area contributed by atoms with Gasteiger partial charge in [-0.25, -0.2) is 14.0 Å². The first-order valence-electron chi connectivity index (χ1n) is 9.88. The number of hydrogen-bond donors (Lipinski definition) is 0. The number of carbonyl (C=O) groups is 2. The Morgan fingerprint density at radius 1 is 1.03 bits per heavy atom. The summed E-state index contributed by atoms with van der Waals surface area (Å²) in [6.45, 7) is 5.66. The number of hydrogen-bond acceptors (Lipinski definition) is 4. The smallest absolute Gasteiger partial charge is 0.338 e. The van der Waals surface area contributed by atoms with Gasteiger partial charge < -0.3 is 14.5 Å². The molecular formula is C22H23Cl2N3O3. The quantitative estimate of drug-likeness (QED) is 0.502. The maximum atomic E-state index is 12.6. The molecule has 8 heteroatoms. The summed E-state index contributed by atoms with van der Waals surface area (Å²) >= 11 is 12.1. The number of rotatable bonds is 5. The highest BCUT2D eigenvalue weighted by atomic mass is 35.5. The minimum atomic E-state index is -0.304.